The van der Waals surface area contributed by atoms with Crippen LogP contribution in [0.4, 0.5) is 11.4 Å². The van der Waals surface area contributed by atoms with Crippen molar-refractivity contribution in [3.63, 3.8) is 0 Å². The lowest BCUT2D eigenvalue weighted by molar-refractivity contribution is -0.272. The van der Waals surface area contributed by atoms with Crippen molar-refractivity contribution in [1.82, 2.24) is 9.96 Å². The molecule has 0 atom stereocenters. The summed E-state index contributed by atoms with van der Waals surface area (Å²) < 4.78 is 0. The summed E-state index contributed by atoms with van der Waals surface area (Å²) in [5.41, 5.74) is 16.0. The molecule has 1 fully saturated rings. The fraction of sp³-hybridized carbons (Fsp3) is 0.538. The first-order valence-corrected chi connectivity index (χ1v) is 11.4. The normalized spacial score (nSPS) is 19.0. The van der Waals surface area contributed by atoms with Crippen LogP contribution in [0.1, 0.15) is 51.7 Å². The van der Waals surface area contributed by atoms with Crippen LogP contribution in [0.5, 0.6) is 0 Å². The summed E-state index contributed by atoms with van der Waals surface area (Å²) in [5.74, 6) is 0. The van der Waals surface area contributed by atoms with E-state index in [0.29, 0.717) is 6.04 Å². The summed E-state index contributed by atoms with van der Waals surface area (Å²) >= 11 is 0. The smallest absolute Gasteiger partial charge is 0.0575 e. The van der Waals surface area contributed by atoms with Crippen LogP contribution in [0.2, 0.25) is 0 Å². The topological polar surface area (TPSA) is 67.8 Å². The molecule has 0 aromatic heterocycles. The zero-order valence-electron chi connectivity index (χ0n) is 19.9. The second-order valence-electron chi connectivity index (χ2n) is 10.2. The first-order valence-electron chi connectivity index (χ1n) is 11.4. The van der Waals surface area contributed by atoms with Crippen molar-refractivity contribution in [1.29, 1.82) is 0 Å². The number of benzene rings is 2. The zero-order chi connectivity index (χ0) is 22.6. The molecule has 1 aliphatic heterocycles. The second kappa shape index (κ2) is 9.60. The number of piperidine rings is 1. The third-order valence-electron chi connectivity index (χ3n) is 6.60. The van der Waals surface area contributed by atoms with E-state index in [0.717, 1.165) is 50.1 Å². The Labute approximate surface area is 188 Å². The standard InChI is InChI=1S/C26H40N4O/c1-25(2)18-24(19-26(3,4)30(25)31-5)29(16-14-20-6-10-22(27)11-7-20)17-15-21-8-12-23(28)13-9-21/h6-13,24H,14-19,27-28H2,1-5H3. The summed E-state index contributed by atoms with van der Waals surface area (Å²) in [6, 6.07) is 17.1. The molecule has 2 aromatic carbocycles. The number of nitrogens with two attached hydrogens (primary N) is 2. The first-order chi connectivity index (χ1) is 14.6. The quantitative estimate of drug-likeness (QED) is 0.610. The van der Waals surface area contributed by atoms with Gasteiger partial charge in [-0.15, -0.1) is 0 Å². The van der Waals surface area contributed by atoms with Gasteiger partial charge in [0.1, 0.15) is 0 Å². The summed E-state index contributed by atoms with van der Waals surface area (Å²) in [6.07, 6.45) is 4.20. The van der Waals surface area contributed by atoms with Crippen molar-refractivity contribution >= 4 is 11.4 Å². The number of hydrogen-bond donors (Lipinski definition) is 2. The summed E-state index contributed by atoms with van der Waals surface area (Å²) in [4.78, 5) is 8.51. The lowest BCUT2D eigenvalue weighted by atomic mass is 9.78. The zero-order valence-corrected chi connectivity index (χ0v) is 19.9. The molecule has 2 aromatic rings. The Morgan fingerprint density at radius 3 is 1.55 bits per heavy atom. The molecule has 1 saturated heterocycles. The molecule has 0 spiro atoms. The van der Waals surface area contributed by atoms with Gasteiger partial charge < -0.3 is 16.3 Å². The van der Waals surface area contributed by atoms with Gasteiger partial charge in [-0.05, 0) is 88.8 Å². The fourth-order valence-corrected chi connectivity index (χ4v) is 5.35. The van der Waals surface area contributed by atoms with Gasteiger partial charge in [-0.1, -0.05) is 24.3 Å². The minimum atomic E-state index is -0.0260. The highest BCUT2D eigenvalue weighted by Gasteiger charge is 2.47. The molecule has 0 amide bonds. The molecule has 0 saturated carbocycles. The number of nitrogens with zero attached hydrogens (tertiary/aromatic N) is 2. The molecule has 1 heterocycles. The predicted octanol–water partition coefficient (Wildman–Crippen LogP) is 4.52. The van der Waals surface area contributed by atoms with Crippen molar-refractivity contribution in [3.05, 3.63) is 59.7 Å². The maximum atomic E-state index is 5.87. The Kier molecular flexibility index (Phi) is 7.30. The molecule has 170 valence electrons. The van der Waals surface area contributed by atoms with Crippen molar-refractivity contribution in [3.8, 4) is 0 Å². The van der Waals surface area contributed by atoms with Crippen LogP contribution >= 0.6 is 0 Å². The van der Waals surface area contributed by atoms with Gasteiger partial charge in [0.25, 0.3) is 0 Å². The molecular weight excluding hydrogens is 384 g/mol. The number of hydroxylamine groups is 2. The van der Waals surface area contributed by atoms with Crippen LogP contribution in [0.15, 0.2) is 48.5 Å². The molecule has 1 aliphatic rings. The minimum absolute atomic E-state index is 0.0260. The van der Waals surface area contributed by atoms with E-state index < -0.39 is 0 Å². The molecule has 0 aliphatic carbocycles. The van der Waals surface area contributed by atoms with E-state index in [9.17, 15) is 0 Å². The summed E-state index contributed by atoms with van der Waals surface area (Å²) in [5, 5.41) is 2.19. The Morgan fingerprint density at radius 2 is 1.19 bits per heavy atom. The Hall–Kier alpha value is -2.08. The van der Waals surface area contributed by atoms with E-state index in [1.165, 1.54) is 11.1 Å². The Morgan fingerprint density at radius 1 is 0.806 bits per heavy atom. The number of anilines is 2. The van der Waals surface area contributed by atoms with Crippen LogP contribution in [0.25, 0.3) is 0 Å². The average Bonchev–Trinajstić information content (AvgIpc) is 2.69. The van der Waals surface area contributed by atoms with E-state index in [4.69, 9.17) is 16.3 Å². The van der Waals surface area contributed by atoms with Gasteiger partial charge in [0.15, 0.2) is 0 Å². The molecule has 3 rings (SSSR count). The van der Waals surface area contributed by atoms with Crippen LogP contribution in [0.3, 0.4) is 0 Å². The number of hydrogen-bond acceptors (Lipinski definition) is 5. The minimum Gasteiger partial charge on any atom is -0.399 e. The second-order valence-corrected chi connectivity index (χ2v) is 10.2. The average molecular weight is 425 g/mol. The highest BCUT2D eigenvalue weighted by Crippen LogP contribution is 2.40. The molecule has 31 heavy (non-hydrogen) atoms. The lowest BCUT2D eigenvalue weighted by Crippen LogP contribution is -2.64. The highest BCUT2D eigenvalue weighted by atomic mass is 16.7. The Balaban J connectivity index is 1.76. The van der Waals surface area contributed by atoms with Crippen LogP contribution in [-0.2, 0) is 17.7 Å². The van der Waals surface area contributed by atoms with E-state index in [-0.39, 0.29) is 11.1 Å². The largest absolute Gasteiger partial charge is 0.399 e. The van der Waals surface area contributed by atoms with Gasteiger partial charge in [-0.25, -0.2) is 0 Å². The summed E-state index contributed by atoms with van der Waals surface area (Å²) in [7, 11) is 1.80. The molecule has 4 N–H and O–H groups in total. The maximum Gasteiger partial charge on any atom is 0.0575 e. The summed E-state index contributed by atoms with van der Waals surface area (Å²) in [6.45, 7) is 11.2. The third kappa shape index (κ3) is 6.00. The van der Waals surface area contributed by atoms with Crippen molar-refractivity contribution in [2.75, 3.05) is 31.7 Å². The van der Waals surface area contributed by atoms with Gasteiger partial charge >= 0.3 is 0 Å². The van der Waals surface area contributed by atoms with E-state index in [1.807, 2.05) is 24.3 Å². The van der Waals surface area contributed by atoms with Gasteiger partial charge in [-0.3, -0.25) is 4.90 Å². The first kappa shape index (κ1) is 23.6. The molecule has 0 bridgehead atoms. The van der Waals surface area contributed by atoms with Crippen LogP contribution in [-0.4, -0.2) is 47.3 Å². The van der Waals surface area contributed by atoms with Crippen molar-refractivity contribution in [2.45, 2.75) is 70.5 Å². The molecule has 5 nitrogen and oxygen atoms in total. The fourth-order valence-electron chi connectivity index (χ4n) is 5.35. The number of nitrogen functional groups attached to an aromatic ring is 2. The molecule has 0 radical (unpaired) electrons. The van der Waals surface area contributed by atoms with Crippen molar-refractivity contribution < 1.29 is 4.84 Å². The number of rotatable bonds is 8. The molecule has 5 heteroatoms. The van der Waals surface area contributed by atoms with Gasteiger partial charge in [0.2, 0.25) is 0 Å². The van der Waals surface area contributed by atoms with Gasteiger partial charge in [0.05, 0.1) is 7.11 Å². The van der Waals surface area contributed by atoms with Crippen LogP contribution < -0.4 is 11.5 Å². The van der Waals surface area contributed by atoms with E-state index >= 15 is 0 Å². The van der Waals surface area contributed by atoms with E-state index in [2.05, 4.69) is 61.9 Å². The lowest BCUT2D eigenvalue weighted by Gasteiger charge is -2.55. The van der Waals surface area contributed by atoms with Crippen LogP contribution in [0, 0.1) is 0 Å². The predicted molar refractivity (Wildman–Crippen MR) is 131 cm³/mol. The van der Waals surface area contributed by atoms with Crippen molar-refractivity contribution in [2.24, 2.45) is 0 Å². The van der Waals surface area contributed by atoms with Gasteiger partial charge in [0, 0.05) is 41.6 Å². The van der Waals surface area contributed by atoms with Gasteiger partial charge in [-0.2, -0.15) is 5.06 Å². The molecule has 0 unspecified atom stereocenters. The monoisotopic (exact) mass is 424 g/mol. The highest BCUT2D eigenvalue weighted by molar-refractivity contribution is 5.40. The Bertz CT molecular complexity index is 762. The van der Waals surface area contributed by atoms with E-state index in [1.54, 1.807) is 7.11 Å². The third-order valence-corrected chi connectivity index (χ3v) is 6.60. The molecular formula is C26H40N4O. The SMILES string of the molecule is CON1C(C)(C)CC(N(CCc2ccc(N)cc2)CCc2ccc(N)cc2)CC1(C)C. The maximum absolute atomic E-state index is 5.87.